The molecule has 2 N–H and O–H groups in total. The maximum absolute atomic E-state index is 12.4. The quantitative estimate of drug-likeness (QED) is 0.790. The molecule has 0 spiro atoms. The molecular weight excluding hydrogens is 294 g/mol. The fourth-order valence-corrected chi connectivity index (χ4v) is 2.44. The second kappa shape index (κ2) is 6.56. The standard InChI is InChI=1S/C17H25N3O3/c1-5-6-7-12(16(22)23)18-15(21)13-10-14(11-8-9-11)20(19-13)17(2,3)4/h5-6,10-12H,7-9H2,1-4H3,(H,18,21)(H,22,23)/b6-5+. The van der Waals surface area contributed by atoms with Gasteiger partial charge in [-0.1, -0.05) is 12.2 Å². The van der Waals surface area contributed by atoms with Gasteiger partial charge in [0.1, 0.15) is 11.7 Å². The normalized spacial score (nSPS) is 16.5. The van der Waals surface area contributed by atoms with Crippen LogP contribution in [0.25, 0.3) is 0 Å². The summed E-state index contributed by atoms with van der Waals surface area (Å²) in [5.74, 6) is -1.03. The molecular formula is C17H25N3O3. The van der Waals surface area contributed by atoms with E-state index in [0.717, 1.165) is 18.5 Å². The first-order valence-corrected chi connectivity index (χ1v) is 7.99. The molecule has 1 atom stereocenters. The molecule has 1 aromatic heterocycles. The third-order valence-corrected chi connectivity index (χ3v) is 3.81. The van der Waals surface area contributed by atoms with Gasteiger partial charge in [0.15, 0.2) is 0 Å². The fourth-order valence-electron chi connectivity index (χ4n) is 2.44. The maximum Gasteiger partial charge on any atom is 0.326 e. The Bertz CT molecular complexity index is 622. The van der Waals surface area contributed by atoms with Crippen LogP contribution >= 0.6 is 0 Å². The van der Waals surface area contributed by atoms with E-state index in [0.29, 0.717) is 5.92 Å². The molecule has 126 valence electrons. The summed E-state index contributed by atoms with van der Waals surface area (Å²) in [7, 11) is 0. The van der Waals surface area contributed by atoms with Gasteiger partial charge in [-0.25, -0.2) is 4.79 Å². The number of amides is 1. The second-order valence-electron chi connectivity index (χ2n) is 6.98. The predicted octanol–water partition coefficient (Wildman–Crippen LogP) is 2.66. The summed E-state index contributed by atoms with van der Waals surface area (Å²) in [6.07, 6.45) is 5.97. The number of hydrogen-bond acceptors (Lipinski definition) is 3. The third kappa shape index (κ3) is 4.21. The summed E-state index contributed by atoms with van der Waals surface area (Å²) in [4.78, 5) is 23.6. The minimum atomic E-state index is -1.05. The van der Waals surface area contributed by atoms with Crippen LogP contribution in [0.4, 0.5) is 0 Å². The zero-order valence-electron chi connectivity index (χ0n) is 14.2. The molecule has 1 unspecified atom stereocenters. The van der Waals surface area contributed by atoms with E-state index in [1.807, 2.05) is 32.4 Å². The summed E-state index contributed by atoms with van der Waals surface area (Å²) < 4.78 is 1.89. The van der Waals surface area contributed by atoms with Crippen molar-refractivity contribution in [3.8, 4) is 0 Å². The fraction of sp³-hybridized carbons (Fsp3) is 0.588. The van der Waals surface area contributed by atoms with E-state index in [4.69, 9.17) is 0 Å². The molecule has 6 nitrogen and oxygen atoms in total. The molecule has 1 aromatic rings. The van der Waals surface area contributed by atoms with Crippen molar-refractivity contribution < 1.29 is 14.7 Å². The van der Waals surface area contributed by atoms with E-state index >= 15 is 0 Å². The zero-order chi connectivity index (χ0) is 17.2. The highest BCUT2D eigenvalue weighted by Gasteiger charge is 2.33. The number of carboxylic acid groups (broad SMARTS) is 1. The molecule has 0 radical (unpaired) electrons. The van der Waals surface area contributed by atoms with Gasteiger partial charge in [-0.3, -0.25) is 9.48 Å². The van der Waals surface area contributed by atoms with Crippen LogP contribution in [-0.4, -0.2) is 32.8 Å². The van der Waals surface area contributed by atoms with E-state index in [-0.39, 0.29) is 17.7 Å². The summed E-state index contributed by atoms with van der Waals surface area (Å²) in [6.45, 7) is 7.94. The molecule has 1 aliphatic rings. The molecule has 1 amide bonds. The Balaban J connectivity index is 2.20. The number of carbonyl (C=O) groups excluding carboxylic acids is 1. The molecule has 0 aromatic carbocycles. The molecule has 6 heteroatoms. The van der Waals surface area contributed by atoms with Crippen molar-refractivity contribution in [1.82, 2.24) is 15.1 Å². The van der Waals surface area contributed by atoms with Crippen molar-refractivity contribution in [2.45, 2.75) is 64.5 Å². The molecule has 1 heterocycles. The van der Waals surface area contributed by atoms with Gasteiger partial charge >= 0.3 is 5.97 Å². The lowest BCUT2D eigenvalue weighted by Gasteiger charge is -2.22. The molecule has 1 fully saturated rings. The van der Waals surface area contributed by atoms with Gasteiger partial charge in [0.2, 0.25) is 0 Å². The lowest BCUT2D eigenvalue weighted by atomic mass is 10.1. The largest absolute Gasteiger partial charge is 0.480 e. The summed E-state index contributed by atoms with van der Waals surface area (Å²) >= 11 is 0. The van der Waals surface area contributed by atoms with Crippen LogP contribution in [0.3, 0.4) is 0 Å². The van der Waals surface area contributed by atoms with Crippen molar-refractivity contribution in [2.75, 3.05) is 0 Å². The Morgan fingerprint density at radius 1 is 1.48 bits per heavy atom. The Hall–Kier alpha value is -2.11. The van der Waals surface area contributed by atoms with E-state index < -0.39 is 17.9 Å². The number of carbonyl (C=O) groups is 2. The topological polar surface area (TPSA) is 84.2 Å². The van der Waals surface area contributed by atoms with Gasteiger partial charge in [0, 0.05) is 11.6 Å². The number of rotatable bonds is 6. The van der Waals surface area contributed by atoms with Crippen molar-refractivity contribution >= 4 is 11.9 Å². The minimum absolute atomic E-state index is 0.215. The first-order valence-electron chi connectivity index (χ1n) is 7.99. The lowest BCUT2D eigenvalue weighted by molar-refractivity contribution is -0.139. The van der Waals surface area contributed by atoms with Gasteiger partial charge in [-0.05, 0) is 53.0 Å². The smallest absolute Gasteiger partial charge is 0.326 e. The molecule has 0 bridgehead atoms. The Morgan fingerprint density at radius 2 is 2.13 bits per heavy atom. The summed E-state index contributed by atoms with van der Waals surface area (Å²) in [6, 6.07) is 0.857. The van der Waals surface area contributed by atoms with Crippen LogP contribution in [0.1, 0.15) is 69.1 Å². The number of carboxylic acids is 1. The Kier molecular flexibility index (Phi) is 4.92. The van der Waals surface area contributed by atoms with Crippen LogP contribution in [0.2, 0.25) is 0 Å². The zero-order valence-corrected chi connectivity index (χ0v) is 14.2. The van der Waals surface area contributed by atoms with Crippen LogP contribution < -0.4 is 5.32 Å². The second-order valence-corrected chi connectivity index (χ2v) is 6.98. The average Bonchev–Trinajstić information content (AvgIpc) is 3.19. The van der Waals surface area contributed by atoms with Crippen LogP contribution in [0, 0.1) is 0 Å². The molecule has 1 saturated carbocycles. The van der Waals surface area contributed by atoms with Crippen LogP contribution in [0.15, 0.2) is 18.2 Å². The highest BCUT2D eigenvalue weighted by atomic mass is 16.4. The van der Waals surface area contributed by atoms with Crippen LogP contribution in [-0.2, 0) is 10.3 Å². The molecule has 2 rings (SSSR count). The number of aromatic nitrogens is 2. The maximum atomic E-state index is 12.4. The average molecular weight is 319 g/mol. The minimum Gasteiger partial charge on any atom is -0.480 e. The van der Waals surface area contributed by atoms with Crippen molar-refractivity contribution in [3.05, 3.63) is 29.6 Å². The highest BCUT2D eigenvalue weighted by molar-refractivity contribution is 5.95. The summed E-state index contributed by atoms with van der Waals surface area (Å²) in [5.41, 5.74) is 1.13. The SMILES string of the molecule is C/C=C/CC(NC(=O)c1cc(C2CC2)n(C(C)(C)C)n1)C(=O)O. The van der Waals surface area contributed by atoms with E-state index in [1.165, 1.54) is 0 Å². The number of allylic oxidation sites excluding steroid dienone is 1. The molecule has 1 aliphatic carbocycles. The summed E-state index contributed by atoms with van der Waals surface area (Å²) in [5, 5.41) is 16.2. The third-order valence-electron chi connectivity index (χ3n) is 3.81. The van der Waals surface area contributed by atoms with E-state index in [1.54, 1.807) is 18.2 Å². The van der Waals surface area contributed by atoms with Gasteiger partial charge in [0.05, 0.1) is 5.54 Å². The predicted molar refractivity (Wildman–Crippen MR) is 87.5 cm³/mol. The number of aliphatic carboxylic acids is 1. The first-order chi connectivity index (χ1) is 10.7. The van der Waals surface area contributed by atoms with Crippen molar-refractivity contribution in [2.24, 2.45) is 0 Å². The lowest BCUT2D eigenvalue weighted by Crippen LogP contribution is -2.40. The van der Waals surface area contributed by atoms with Gasteiger partial charge in [-0.2, -0.15) is 5.10 Å². The number of nitrogens with one attached hydrogen (secondary N) is 1. The van der Waals surface area contributed by atoms with Crippen molar-refractivity contribution in [3.63, 3.8) is 0 Å². The van der Waals surface area contributed by atoms with E-state index in [2.05, 4.69) is 10.4 Å². The first kappa shape index (κ1) is 17.2. The highest BCUT2D eigenvalue weighted by Crippen LogP contribution is 2.41. The van der Waals surface area contributed by atoms with Crippen molar-refractivity contribution in [1.29, 1.82) is 0 Å². The van der Waals surface area contributed by atoms with Gasteiger partial charge < -0.3 is 10.4 Å². The molecule has 0 saturated heterocycles. The van der Waals surface area contributed by atoms with Gasteiger partial charge in [-0.15, -0.1) is 0 Å². The number of hydrogen-bond donors (Lipinski definition) is 2. The Labute approximate surface area is 136 Å². The monoisotopic (exact) mass is 319 g/mol. The number of nitrogens with zero attached hydrogens (tertiary/aromatic N) is 2. The Morgan fingerprint density at radius 3 is 2.61 bits per heavy atom. The molecule has 0 aliphatic heterocycles. The molecule has 23 heavy (non-hydrogen) atoms. The van der Waals surface area contributed by atoms with Crippen LogP contribution in [0.5, 0.6) is 0 Å². The van der Waals surface area contributed by atoms with Gasteiger partial charge in [0.25, 0.3) is 5.91 Å². The van der Waals surface area contributed by atoms with E-state index in [9.17, 15) is 14.7 Å².